The zero-order valence-electron chi connectivity index (χ0n) is 8.86. The smallest absolute Gasteiger partial charge is 0.333 e. The molecule has 0 saturated carbocycles. The minimum absolute atomic E-state index is 0.336. The van der Waals surface area contributed by atoms with E-state index < -0.39 is 0 Å². The maximum absolute atomic E-state index is 11.0. The molecule has 0 aliphatic heterocycles. The Kier molecular flexibility index (Phi) is 4.63. The van der Waals surface area contributed by atoms with Crippen LogP contribution in [-0.2, 0) is 20.9 Å². The van der Waals surface area contributed by atoms with Crippen molar-refractivity contribution in [1.29, 1.82) is 0 Å². The first kappa shape index (κ1) is 11.5. The fourth-order valence-corrected chi connectivity index (χ4v) is 0.982. The average molecular weight is 210 g/mol. The van der Waals surface area contributed by atoms with E-state index in [1.807, 2.05) is 6.07 Å². The number of furan rings is 1. The normalized spacial score (nSPS) is 11.5. The third kappa shape index (κ3) is 3.99. The van der Waals surface area contributed by atoms with Gasteiger partial charge in [0.2, 0.25) is 0 Å². The lowest BCUT2D eigenvalue weighted by atomic mass is 10.3. The Hall–Kier alpha value is -1.55. The molecule has 0 radical (unpaired) electrons. The van der Waals surface area contributed by atoms with E-state index in [9.17, 15) is 4.79 Å². The minimum Gasteiger partial charge on any atom is -0.467 e. The molecule has 15 heavy (non-hydrogen) atoms. The largest absolute Gasteiger partial charge is 0.467 e. The van der Waals surface area contributed by atoms with Crippen molar-refractivity contribution in [2.75, 3.05) is 13.7 Å². The van der Waals surface area contributed by atoms with Gasteiger partial charge >= 0.3 is 5.97 Å². The highest BCUT2D eigenvalue weighted by atomic mass is 16.5. The molecule has 0 aliphatic carbocycles. The molecule has 0 aromatic carbocycles. The summed E-state index contributed by atoms with van der Waals surface area (Å²) in [7, 11) is 1.35. The molecule has 0 saturated heterocycles. The molecule has 1 rings (SSSR count). The van der Waals surface area contributed by atoms with Crippen LogP contribution in [0.3, 0.4) is 0 Å². The molecule has 0 atom stereocenters. The highest BCUT2D eigenvalue weighted by Gasteiger charge is 2.01. The summed E-state index contributed by atoms with van der Waals surface area (Å²) in [6.45, 7) is 2.45. The molecule has 0 spiro atoms. The van der Waals surface area contributed by atoms with Crippen LogP contribution >= 0.6 is 0 Å². The predicted octanol–water partition coefficient (Wildman–Crippen LogP) is 1.92. The van der Waals surface area contributed by atoms with Gasteiger partial charge < -0.3 is 13.9 Å². The van der Waals surface area contributed by atoms with Crippen LogP contribution in [-0.4, -0.2) is 19.7 Å². The van der Waals surface area contributed by atoms with Crippen molar-refractivity contribution in [2.45, 2.75) is 13.5 Å². The minimum atomic E-state index is -0.336. The number of hydrogen-bond donors (Lipinski definition) is 0. The van der Waals surface area contributed by atoms with E-state index in [1.165, 1.54) is 7.11 Å². The second-order valence-corrected chi connectivity index (χ2v) is 2.97. The van der Waals surface area contributed by atoms with Crippen molar-refractivity contribution in [2.24, 2.45) is 0 Å². The molecule has 82 valence electrons. The number of rotatable bonds is 5. The molecule has 0 N–H and O–H groups in total. The second-order valence-electron chi connectivity index (χ2n) is 2.97. The van der Waals surface area contributed by atoms with E-state index >= 15 is 0 Å². The molecule has 4 nitrogen and oxygen atoms in total. The van der Waals surface area contributed by atoms with Crippen molar-refractivity contribution < 1.29 is 18.7 Å². The van der Waals surface area contributed by atoms with Gasteiger partial charge in [-0.25, -0.2) is 4.79 Å². The molecular weight excluding hydrogens is 196 g/mol. The van der Waals surface area contributed by atoms with Crippen molar-refractivity contribution in [1.82, 2.24) is 0 Å². The lowest BCUT2D eigenvalue weighted by molar-refractivity contribution is -0.136. The van der Waals surface area contributed by atoms with Crippen molar-refractivity contribution in [3.05, 3.63) is 35.8 Å². The number of esters is 1. The molecule has 0 amide bonds. The number of methoxy groups -OCH3 is 1. The summed E-state index contributed by atoms with van der Waals surface area (Å²) in [5.41, 5.74) is 0.539. The quantitative estimate of drug-likeness (QED) is 0.423. The third-order valence-corrected chi connectivity index (χ3v) is 1.84. The Bertz CT molecular complexity index is 324. The van der Waals surface area contributed by atoms with Crippen LogP contribution in [0.1, 0.15) is 12.7 Å². The molecule has 0 aliphatic rings. The molecule has 1 aromatic heterocycles. The van der Waals surface area contributed by atoms with Gasteiger partial charge in [0.1, 0.15) is 12.4 Å². The summed E-state index contributed by atoms with van der Waals surface area (Å²) in [5.74, 6) is 0.427. The number of ether oxygens (including phenoxy) is 2. The first-order valence-electron chi connectivity index (χ1n) is 4.59. The highest BCUT2D eigenvalue weighted by Crippen LogP contribution is 2.02. The van der Waals surface area contributed by atoms with Crippen LogP contribution < -0.4 is 0 Å². The van der Waals surface area contributed by atoms with Gasteiger partial charge in [-0.2, -0.15) is 0 Å². The summed E-state index contributed by atoms with van der Waals surface area (Å²) in [5, 5.41) is 0. The van der Waals surface area contributed by atoms with Crippen molar-refractivity contribution in [3.63, 3.8) is 0 Å². The summed E-state index contributed by atoms with van der Waals surface area (Å²) >= 11 is 0. The van der Waals surface area contributed by atoms with E-state index in [0.29, 0.717) is 18.8 Å². The van der Waals surface area contributed by atoms with Crippen LogP contribution in [0, 0.1) is 0 Å². The number of carbonyl (C=O) groups is 1. The van der Waals surface area contributed by atoms with Crippen LogP contribution in [0.25, 0.3) is 0 Å². The molecule has 1 heterocycles. The van der Waals surface area contributed by atoms with Gasteiger partial charge in [0.15, 0.2) is 0 Å². The molecule has 0 unspecified atom stereocenters. The zero-order chi connectivity index (χ0) is 11.1. The third-order valence-electron chi connectivity index (χ3n) is 1.84. The van der Waals surface area contributed by atoms with Crippen LogP contribution in [0.2, 0.25) is 0 Å². The van der Waals surface area contributed by atoms with E-state index in [1.54, 1.807) is 25.3 Å². The standard InChI is InChI=1S/C11H14O4/c1-9(11(12)13-2)5-7-14-8-10-4-3-6-15-10/h3-6H,7-8H2,1-2H3. The fraction of sp³-hybridized carbons (Fsp3) is 0.364. The summed E-state index contributed by atoms with van der Waals surface area (Å²) in [4.78, 5) is 11.0. The Morgan fingerprint density at radius 2 is 2.40 bits per heavy atom. The van der Waals surface area contributed by atoms with Gasteiger partial charge in [-0.15, -0.1) is 0 Å². The molecular formula is C11H14O4. The number of carbonyl (C=O) groups excluding carboxylic acids is 1. The Morgan fingerprint density at radius 1 is 1.60 bits per heavy atom. The monoisotopic (exact) mass is 210 g/mol. The van der Waals surface area contributed by atoms with Gasteiger partial charge in [-0.3, -0.25) is 0 Å². The van der Waals surface area contributed by atoms with Crippen LogP contribution in [0.15, 0.2) is 34.5 Å². The van der Waals surface area contributed by atoms with E-state index in [2.05, 4.69) is 4.74 Å². The van der Waals surface area contributed by atoms with Crippen LogP contribution in [0.5, 0.6) is 0 Å². The zero-order valence-corrected chi connectivity index (χ0v) is 8.86. The van der Waals surface area contributed by atoms with Gasteiger partial charge in [0.25, 0.3) is 0 Å². The fourth-order valence-electron chi connectivity index (χ4n) is 0.982. The Balaban J connectivity index is 2.24. The van der Waals surface area contributed by atoms with Crippen molar-refractivity contribution in [3.8, 4) is 0 Å². The second kappa shape index (κ2) is 6.03. The predicted molar refractivity (Wildman–Crippen MR) is 54.1 cm³/mol. The molecule has 0 bridgehead atoms. The maximum atomic E-state index is 11.0. The topological polar surface area (TPSA) is 48.7 Å². The average Bonchev–Trinajstić information content (AvgIpc) is 2.75. The summed E-state index contributed by atoms with van der Waals surface area (Å²) in [6, 6.07) is 3.63. The summed E-state index contributed by atoms with van der Waals surface area (Å²) < 4.78 is 14.9. The van der Waals surface area contributed by atoms with E-state index in [-0.39, 0.29) is 5.97 Å². The summed E-state index contributed by atoms with van der Waals surface area (Å²) in [6.07, 6.45) is 3.27. The van der Waals surface area contributed by atoms with Gasteiger partial charge in [-0.05, 0) is 25.1 Å². The van der Waals surface area contributed by atoms with Gasteiger partial charge in [0.05, 0.1) is 20.0 Å². The van der Waals surface area contributed by atoms with Gasteiger partial charge in [0, 0.05) is 5.57 Å². The number of hydrogen-bond acceptors (Lipinski definition) is 4. The van der Waals surface area contributed by atoms with Crippen LogP contribution in [0.4, 0.5) is 0 Å². The molecule has 4 heteroatoms. The van der Waals surface area contributed by atoms with E-state index in [0.717, 1.165) is 5.76 Å². The Morgan fingerprint density at radius 3 is 3.00 bits per heavy atom. The molecule has 0 fully saturated rings. The lowest BCUT2D eigenvalue weighted by Crippen LogP contribution is -2.03. The highest BCUT2D eigenvalue weighted by molar-refractivity contribution is 5.87. The SMILES string of the molecule is COC(=O)C(C)=CCOCc1ccco1. The first-order valence-corrected chi connectivity index (χ1v) is 4.59. The van der Waals surface area contributed by atoms with Gasteiger partial charge in [-0.1, -0.05) is 0 Å². The van der Waals surface area contributed by atoms with E-state index in [4.69, 9.17) is 9.15 Å². The Labute approximate surface area is 88.5 Å². The maximum Gasteiger partial charge on any atom is 0.333 e. The lowest BCUT2D eigenvalue weighted by Gasteiger charge is -2.00. The first-order chi connectivity index (χ1) is 7.24. The molecule has 1 aromatic rings. The van der Waals surface area contributed by atoms with Crippen molar-refractivity contribution >= 4 is 5.97 Å².